The van der Waals surface area contributed by atoms with Crippen molar-refractivity contribution in [3.05, 3.63) is 48.0 Å². The summed E-state index contributed by atoms with van der Waals surface area (Å²) in [6.45, 7) is 9.82. The molecule has 160 valence electrons. The number of ether oxygens (including phenoxy) is 3. The second-order valence-electron chi connectivity index (χ2n) is 7.91. The molecule has 7 nitrogen and oxygen atoms in total. The minimum Gasteiger partial charge on any atom is -0.492 e. The molecule has 30 heavy (non-hydrogen) atoms. The van der Waals surface area contributed by atoms with Crippen LogP contribution >= 0.6 is 0 Å². The average Bonchev–Trinajstić information content (AvgIpc) is 3.23. The van der Waals surface area contributed by atoms with Crippen molar-refractivity contribution in [2.75, 3.05) is 44.9 Å². The second kappa shape index (κ2) is 9.36. The number of piperazine rings is 1. The van der Waals surface area contributed by atoms with Crippen LogP contribution in [0.4, 0.5) is 5.69 Å². The van der Waals surface area contributed by atoms with Crippen molar-refractivity contribution in [1.29, 1.82) is 0 Å². The van der Waals surface area contributed by atoms with E-state index in [1.54, 1.807) is 0 Å². The maximum Gasteiger partial charge on any atom is 0.282 e. The third-order valence-electron chi connectivity index (χ3n) is 5.94. The first-order valence-corrected chi connectivity index (χ1v) is 10.7. The van der Waals surface area contributed by atoms with Gasteiger partial charge in [-0.25, -0.2) is 0 Å². The number of fused-ring (bicyclic) bond motifs is 1. The summed E-state index contributed by atoms with van der Waals surface area (Å²) in [4.78, 5) is 15.7. The van der Waals surface area contributed by atoms with E-state index in [9.17, 15) is 4.79 Å². The predicted molar refractivity (Wildman–Crippen MR) is 113 cm³/mol. The zero-order chi connectivity index (χ0) is 20.9. The van der Waals surface area contributed by atoms with Crippen LogP contribution in [0.15, 0.2) is 42.5 Å². The van der Waals surface area contributed by atoms with E-state index in [1.165, 1.54) is 15.4 Å². The Morgan fingerprint density at radius 3 is 2.67 bits per heavy atom. The van der Waals surface area contributed by atoms with Gasteiger partial charge in [-0.15, -0.1) is 0 Å². The Balaban J connectivity index is 1.29. The number of benzene rings is 2. The lowest BCUT2D eigenvalue weighted by atomic mass is 10.1. The van der Waals surface area contributed by atoms with Crippen LogP contribution in [0.3, 0.4) is 0 Å². The highest BCUT2D eigenvalue weighted by atomic mass is 16.7. The molecule has 2 heterocycles. The lowest BCUT2D eigenvalue weighted by Gasteiger charge is -2.32. The Morgan fingerprint density at radius 2 is 1.87 bits per heavy atom. The number of hydrogen-bond acceptors (Lipinski definition) is 4. The molecular weight excluding hydrogens is 382 g/mol. The monoisotopic (exact) mass is 413 g/mol. The van der Waals surface area contributed by atoms with Crippen molar-refractivity contribution in [3.63, 3.8) is 0 Å². The molecule has 3 N–H and O–H groups in total. The number of carbonyl (C=O) groups is 1. The zero-order valence-electron chi connectivity index (χ0n) is 17.7. The van der Waals surface area contributed by atoms with Crippen LogP contribution in [0, 0.1) is 0 Å². The van der Waals surface area contributed by atoms with Crippen molar-refractivity contribution in [3.8, 4) is 17.2 Å². The number of anilines is 1. The summed E-state index contributed by atoms with van der Waals surface area (Å²) in [6, 6.07) is 13.7. The molecule has 0 spiro atoms. The summed E-state index contributed by atoms with van der Waals surface area (Å²) in [5, 5.41) is 3.05. The van der Waals surface area contributed by atoms with Gasteiger partial charge in [-0.2, -0.15) is 0 Å². The van der Waals surface area contributed by atoms with E-state index < -0.39 is 0 Å². The SMILES string of the molecule is CCOc1ccccc1NC(=O)[C@@H](C)[NH+]1CC[NH+](Cc2ccc3c(c2)OCO3)CC1. The number of carbonyl (C=O) groups excluding carboxylic acids is 1. The molecule has 4 rings (SSSR count). The van der Waals surface area contributed by atoms with Gasteiger partial charge < -0.3 is 29.3 Å². The standard InChI is InChI=1S/C23H29N3O4/c1-3-28-20-7-5-4-6-19(20)24-23(27)17(2)26-12-10-25(11-13-26)15-18-8-9-21-22(14-18)30-16-29-21/h4-9,14,17H,3,10-13,15-16H2,1-2H3,(H,24,27)/p+2/t17-/m1/s1. The van der Waals surface area contributed by atoms with Crippen LogP contribution in [0.1, 0.15) is 19.4 Å². The molecule has 0 radical (unpaired) electrons. The predicted octanol–water partition coefficient (Wildman–Crippen LogP) is 0.125. The molecule has 2 aliphatic heterocycles. The van der Waals surface area contributed by atoms with Gasteiger partial charge in [-0.1, -0.05) is 12.1 Å². The van der Waals surface area contributed by atoms with E-state index >= 15 is 0 Å². The third kappa shape index (κ3) is 4.68. The number of hydrogen-bond donors (Lipinski definition) is 3. The first-order valence-electron chi connectivity index (χ1n) is 10.7. The van der Waals surface area contributed by atoms with Gasteiger partial charge in [0.25, 0.3) is 5.91 Å². The number of rotatable bonds is 7. The fourth-order valence-electron chi connectivity index (χ4n) is 4.15. The van der Waals surface area contributed by atoms with Crippen molar-refractivity contribution < 1.29 is 28.8 Å². The van der Waals surface area contributed by atoms with E-state index in [0.717, 1.165) is 49.9 Å². The van der Waals surface area contributed by atoms with Gasteiger partial charge in [0.1, 0.15) is 38.5 Å². The highest BCUT2D eigenvalue weighted by Gasteiger charge is 2.31. The molecule has 7 heteroatoms. The molecule has 1 atom stereocenters. The highest BCUT2D eigenvalue weighted by molar-refractivity contribution is 5.94. The molecule has 2 aromatic carbocycles. The largest absolute Gasteiger partial charge is 0.492 e. The number of nitrogens with one attached hydrogen (secondary N) is 3. The Morgan fingerprint density at radius 1 is 1.10 bits per heavy atom. The maximum absolute atomic E-state index is 12.8. The van der Waals surface area contributed by atoms with Gasteiger partial charge in [-0.3, -0.25) is 4.79 Å². The van der Waals surface area contributed by atoms with Crippen LogP contribution in [0.5, 0.6) is 17.2 Å². The molecule has 0 bridgehead atoms. The highest BCUT2D eigenvalue weighted by Crippen LogP contribution is 2.32. The quantitative estimate of drug-likeness (QED) is 0.604. The van der Waals surface area contributed by atoms with Gasteiger partial charge in [0.15, 0.2) is 17.5 Å². The molecule has 2 aromatic rings. The number of para-hydroxylation sites is 2. The van der Waals surface area contributed by atoms with E-state index in [4.69, 9.17) is 14.2 Å². The van der Waals surface area contributed by atoms with Crippen LogP contribution < -0.4 is 29.3 Å². The van der Waals surface area contributed by atoms with Crippen molar-refractivity contribution >= 4 is 11.6 Å². The Kier molecular flexibility index (Phi) is 6.40. The van der Waals surface area contributed by atoms with Gasteiger partial charge in [0, 0.05) is 5.56 Å². The Hall–Kier alpha value is -2.77. The Labute approximate surface area is 177 Å². The minimum atomic E-state index is -0.105. The smallest absolute Gasteiger partial charge is 0.282 e. The molecule has 0 saturated carbocycles. The lowest BCUT2D eigenvalue weighted by molar-refractivity contribution is -1.02. The molecular formula is C23H31N3O4+2. The molecule has 1 amide bonds. The third-order valence-corrected chi connectivity index (χ3v) is 5.94. The fourth-order valence-corrected chi connectivity index (χ4v) is 4.15. The molecule has 1 fully saturated rings. The van der Waals surface area contributed by atoms with E-state index in [-0.39, 0.29) is 11.9 Å². The summed E-state index contributed by atoms with van der Waals surface area (Å²) < 4.78 is 16.5. The van der Waals surface area contributed by atoms with E-state index in [1.807, 2.05) is 44.2 Å². The van der Waals surface area contributed by atoms with Crippen LogP contribution in [0.2, 0.25) is 0 Å². The molecule has 0 unspecified atom stereocenters. The van der Waals surface area contributed by atoms with Gasteiger partial charge in [-0.05, 0) is 44.2 Å². The van der Waals surface area contributed by atoms with Crippen molar-refractivity contribution in [1.82, 2.24) is 0 Å². The summed E-state index contributed by atoms with van der Waals surface area (Å²) >= 11 is 0. The molecule has 0 aliphatic carbocycles. The maximum atomic E-state index is 12.8. The first kappa shape index (κ1) is 20.5. The molecule has 0 aromatic heterocycles. The molecule has 1 saturated heterocycles. The van der Waals surface area contributed by atoms with Gasteiger partial charge in [0.2, 0.25) is 6.79 Å². The summed E-state index contributed by atoms with van der Waals surface area (Å²) in [6.07, 6.45) is 0. The first-order chi connectivity index (χ1) is 14.6. The number of amides is 1. The lowest BCUT2D eigenvalue weighted by Crippen LogP contribution is -3.29. The summed E-state index contributed by atoms with van der Waals surface area (Å²) in [5.41, 5.74) is 2.00. The fraction of sp³-hybridized carbons (Fsp3) is 0.435. The average molecular weight is 414 g/mol. The van der Waals surface area contributed by atoms with Gasteiger partial charge in [0.05, 0.1) is 12.3 Å². The van der Waals surface area contributed by atoms with Gasteiger partial charge >= 0.3 is 0 Å². The summed E-state index contributed by atoms with van der Waals surface area (Å²) in [5.74, 6) is 2.42. The number of quaternary nitrogens is 2. The van der Waals surface area contributed by atoms with Crippen LogP contribution in [-0.2, 0) is 11.3 Å². The van der Waals surface area contributed by atoms with E-state index in [2.05, 4.69) is 17.4 Å². The topological polar surface area (TPSA) is 65.7 Å². The van der Waals surface area contributed by atoms with Crippen LogP contribution in [-0.4, -0.2) is 51.5 Å². The Bertz CT molecular complexity index is 881. The second-order valence-corrected chi connectivity index (χ2v) is 7.91. The molecule has 2 aliphatic rings. The minimum absolute atomic E-state index is 0.0383. The van der Waals surface area contributed by atoms with Crippen molar-refractivity contribution in [2.24, 2.45) is 0 Å². The summed E-state index contributed by atoms with van der Waals surface area (Å²) in [7, 11) is 0. The van der Waals surface area contributed by atoms with Crippen molar-refractivity contribution in [2.45, 2.75) is 26.4 Å². The van der Waals surface area contributed by atoms with E-state index in [0.29, 0.717) is 19.1 Å². The van der Waals surface area contributed by atoms with Crippen LogP contribution in [0.25, 0.3) is 0 Å². The zero-order valence-corrected chi connectivity index (χ0v) is 17.7. The normalized spacial score (nSPS) is 21.1.